The molecule has 0 bridgehead atoms. The fourth-order valence-electron chi connectivity index (χ4n) is 1.77. The third kappa shape index (κ3) is 2.58. The standard InChI is InChI=1S/C15H12Cl2O/c1-9-3-4-11(8-14(9)17)15(18)13-6-5-12(16)7-10(13)2/h3-8H,1-2H3. The smallest absolute Gasteiger partial charge is 0.193 e. The predicted octanol–water partition coefficient (Wildman–Crippen LogP) is 4.84. The van der Waals surface area contributed by atoms with Crippen LogP contribution in [0.25, 0.3) is 0 Å². The van der Waals surface area contributed by atoms with Gasteiger partial charge in [0.1, 0.15) is 0 Å². The van der Waals surface area contributed by atoms with E-state index in [4.69, 9.17) is 23.2 Å². The Labute approximate surface area is 116 Å². The summed E-state index contributed by atoms with van der Waals surface area (Å²) in [6.07, 6.45) is 0. The molecule has 0 saturated carbocycles. The van der Waals surface area contributed by atoms with Crippen LogP contribution >= 0.6 is 23.2 Å². The highest BCUT2D eigenvalue weighted by atomic mass is 35.5. The van der Waals surface area contributed by atoms with E-state index < -0.39 is 0 Å². The van der Waals surface area contributed by atoms with Gasteiger partial charge in [-0.2, -0.15) is 0 Å². The minimum Gasteiger partial charge on any atom is -0.289 e. The first-order valence-electron chi connectivity index (χ1n) is 5.56. The summed E-state index contributed by atoms with van der Waals surface area (Å²) in [6, 6.07) is 10.6. The molecule has 0 aliphatic rings. The lowest BCUT2D eigenvalue weighted by Gasteiger charge is -2.07. The molecule has 0 unspecified atom stereocenters. The minimum atomic E-state index is -0.0360. The zero-order chi connectivity index (χ0) is 13.3. The maximum atomic E-state index is 12.3. The Balaban J connectivity index is 2.44. The zero-order valence-corrected chi connectivity index (χ0v) is 11.6. The van der Waals surface area contributed by atoms with Crippen LogP contribution in [0.1, 0.15) is 27.0 Å². The average molecular weight is 279 g/mol. The highest BCUT2D eigenvalue weighted by Crippen LogP contribution is 2.22. The number of aryl methyl sites for hydroxylation is 2. The summed E-state index contributed by atoms with van der Waals surface area (Å²) in [6.45, 7) is 3.78. The van der Waals surface area contributed by atoms with Crippen molar-refractivity contribution in [2.45, 2.75) is 13.8 Å². The van der Waals surface area contributed by atoms with Crippen molar-refractivity contribution in [3.05, 3.63) is 68.7 Å². The highest BCUT2D eigenvalue weighted by molar-refractivity contribution is 6.32. The van der Waals surface area contributed by atoms with Gasteiger partial charge in [0.25, 0.3) is 0 Å². The topological polar surface area (TPSA) is 17.1 Å². The molecule has 0 fully saturated rings. The lowest BCUT2D eigenvalue weighted by molar-refractivity contribution is 0.103. The zero-order valence-electron chi connectivity index (χ0n) is 10.1. The van der Waals surface area contributed by atoms with E-state index in [0.717, 1.165) is 11.1 Å². The molecule has 92 valence electrons. The second-order valence-corrected chi connectivity index (χ2v) is 5.10. The second kappa shape index (κ2) is 5.13. The van der Waals surface area contributed by atoms with Gasteiger partial charge in [-0.25, -0.2) is 0 Å². The van der Waals surface area contributed by atoms with Gasteiger partial charge >= 0.3 is 0 Å². The Morgan fingerprint density at radius 3 is 2.28 bits per heavy atom. The van der Waals surface area contributed by atoms with Gasteiger partial charge in [-0.15, -0.1) is 0 Å². The molecule has 1 nitrogen and oxygen atoms in total. The number of hydrogen-bond donors (Lipinski definition) is 0. The number of carbonyl (C=O) groups is 1. The first-order valence-corrected chi connectivity index (χ1v) is 6.31. The molecule has 0 heterocycles. The largest absolute Gasteiger partial charge is 0.289 e. The molecular formula is C15H12Cl2O. The summed E-state index contributed by atoms with van der Waals surface area (Å²) in [5.41, 5.74) is 3.07. The maximum absolute atomic E-state index is 12.3. The third-order valence-electron chi connectivity index (χ3n) is 2.87. The molecule has 3 heteroatoms. The molecule has 0 aliphatic heterocycles. The highest BCUT2D eigenvalue weighted by Gasteiger charge is 2.12. The summed E-state index contributed by atoms with van der Waals surface area (Å²) >= 11 is 11.9. The number of halogens is 2. The number of benzene rings is 2. The molecule has 0 aliphatic carbocycles. The van der Waals surface area contributed by atoms with Crippen LogP contribution < -0.4 is 0 Å². The SMILES string of the molecule is Cc1ccc(C(=O)c2ccc(Cl)cc2C)cc1Cl. The van der Waals surface area contributed by atoms with E-state index in [0.29, 0.717) is 21.2 Å². The molecule has 0 atom stereocenters. The number of hydrogen-bond acceptors (Lipinski definition) is 1. The molecule has 0 spiro atoms. The predicted molar refractivity (Wildman–Crippen MR) is 75.8 cm³/mol. The van der Waals surface area contributed by atoms with E-state index in [1.54, 1.807) is 30.3 Å². The molecule has 2 rings (SSSR count). The van der Waals surface area contributed by atoms with Crippen molar-refractivity contribution in [1.29, 1.82) is 0 Å². The van der Waals surface area contributed by atoms with E-state index in [9.17, 15) is 4.79 Å². The molecule has 0 amide bonds. The minimum absolute atomic E-state index is 0.0360. The van der Waals surface area contributed by atoms with E-state index in [-0.39, 0.29) is 5.78 Å². The summed E-state index contributed by atoms with van der Waals surface area (Å²) in [5.74, 6) is -0.0360. The molecular weight excluding hydrogens is 267 g/mol. The average Bonchev–Trinajstić information content (AvgIpc) is 2.32. The Bertz CT molecular complexity index is 618. The van der Waals surface area contributed by atoms with Crippen LogP contribution in [0.15, 0.2) is 36.4 Å². The normalized spacial score (nSPS) is 10.4. The van der Waals surface area contributed by atoms with E-state index in [1.165, 1.54) is 0 Å². The van der Waals surface area contributed by atoms with Gasteiger partial charge in [-0.1, -0.05) is 35.3 Å². The van der Waals surface area contributed by atoms with Crippen LogP contribution in [-0.4, -0.2) is 5.78 Å². The van der Waals surface area contributed by atoms with Gasteiger partial charge in [0.2, 0.25) is 0 Å². The Hall–Kier alpha value is -1.31. The quantitative estimate of drug-likeness (QED) is 0.719. The van der Waals surface area contributed by atoms with Crippen LogP contribution in [0.5, 0.6) is 0 Å². The van der Waals surface area contributed by atoms with Gasteiger partial charge in [-0.05, 0) is 49.2 Å². The van der Waals surface area contributed by atoms with E-state index in [2.05, 4.69) is 0 Å². The van der Waals surface area contributed by atoms with Gasteiger partial charge in [0.05, 0.1) is 0 Å². The lowest BCUT2D eigenvalue weighted by Crippen LogP contribution is -2.03. The van der Waals surface area contributed by atoms with Crippen molar-refractivity contribution in [1.82, 2.24) is 0 Å². The summed E-state index contributed by atoms with van der Waals surface area (Å²) in [7, 11) is 0. The van der Waals surface area contributed by atoms with Crippen LogP contribution in [0, 0.1) is 13.8 Å². The Kier molecular flexibility index (Phi) is 3.74. The fraction of sp³-hybridized carbons (Fsp3) is 0.133. The number of carbonyl (C=O) groups excluding carboxylic acids is 1. The Morgan fingerprint density at radius 2 is 1.67 bits per heavy atom. The summed E-state index contributed by atoms with van der Waals surface area (Å²) < 4.78 is 0. The van der Waals surface area contributed by atoms with Crippen LogP contribution in [0.3, 0.4) is 0 Å². The Morgan fingerprint density at radius 1 is 0.944 bits per heavy atom. The number of ketones is 1. The molecule has 2 aromatic carbocycles. The van der Waals surface area contributed by atoms with Gasteiger partial charge < -0.3 is 0 Å². The van der Waals surface area contributed by atoms with E-state index in [1.807, 2.05) is 19.9 Å². The third-order valence-corrected chi connectivity index (χ3v) is 3.51. The first-order chi connectivity index (χ1) is 8.49. The maximum Gasteiger partial charge on any atom is 0.193 e. The first kappa shape index (κ1) is 13.1. The van der Waals surface area contributed by atoms with Crippen molar-refractivity contribution in [2.24, 2.45) is 0 Å². The van der Waals surface area contributed by atoms with Crippen molar-refractivity contribution in [2.75, 3.05) is 0 Å². The van der Waals surface area contributed by atoms with Crippen LogP contribution in [0.4, 0.5) is 0 Å². The summed E-state index contributed by atoms with van der Waals surface area (Å²) in [4.78, 5) is 12.3. The number of rotatable bonds is 2. The van der Waals surface area contributed by atoms with Crippen molar-refractivity contribution < 1.29 is 4.79 Å². The van der Waals surface area contributed by atoms with Crippen LogP contribution in [0.2, 0.25) is 10.0 Å². The molecule has 0 N–H and O–H groups in total. The molecule has 0 saturated heterocycles. The van der Waals surface area contributed by atoms with Crippen molar-refractivity contribution in [3.8, 4) is 0 Å². The van der Waals surface area contributed by atoms with Crippen molar-refractivity contribution >= 4 is 29.0 Å². The second-order valence-electron chi connectivity index (χ2n) is 4.25. The molecule has 0 aromatic heterocycles. The van der Waals surface area contributed by atoms with E-state index >= 15 is 0 Å². The van der Waals surface area contributed by atoms with Crippen molar-refractivity contribution in [3.63, 3.8) is 0 Å². The van der Waals surface area contributed by atoms with Crippen LogP contribution in [-0.2, 0) is 0 Å². The molecule has 18 heavy (non-hydrogen) atoms. The molecule has 0 radical (unpaired) electrons. The van der Waals surface area contributed by atoms with Gasteiger partial charge in [0.15, 0.2) is 5.78 Å². The van der Waals surface area contributed by atoms with Gasteiger partial charge in [-0.3, -0.25) is 4.79 Å². The lowest BCUT2D eigenvalue weighted by atomic mass is 9.98. The monoisotopic (exact) mass is 278 g/mol. The molecule has 2 aromatic rings. The fourth-order valence-corrected chi connectivity index (χ4v) is 2.18. The van der Waals surface area contributed by atoms with Gasteiger partial charge in [0, 0.05) is 21.2 Å². The summed E-state index contributed by atoms with van der Waals surface area (Å²) in [5, 5.41) is 1.23.